The number of nitrogens with zero attached hydrogens (tertiary/aromatic N) is 1. The average molecular weight is 544 g/mol. The number of carbonyl (C=O) groups is 1. The van der Waals surface area contributed by atoms with Gasteiger partial charge in [0.25, 0.3) is 0 Å². The number of fused-ring (bicyclic) bond motifs is 6. The van der Waals surface area contributed by atoms with Crippen molar-refractivity contribution in [3.63, 3.8) is 0 Å². The van der Waals surface area contributed by atoms with Crippen LogP contribution in [-0.2, 0) is 11.2 Å². The van der Waals surface area contributed by atoms with Crippen LogP contribution in [0.5, 0.6) is 0 Å². The lowest BCUT2D eigenvalue weighted by Gasteiger charge is -2.63. The minimum Gasteiger partial charge on any atom is -0.393 e. The number of hydrogen-bond acceptors (Lipinski definition) is 4. The molecule has 4 saturated carbocycles. The Kier molecular flexibility index (Phi) is 6.94. The minimum atomic E-state index is -0.387. The number of benzene rings is 1. The molecule has 0 radical (unpaired) electrons. The second kappa shape index (κ2) is 9.75. The van der Waals surface area contributed by atoms with Crippen molar-refractivity contribution in [1.29, 1.82) is 0 Å². The molecule has 1 aromatic carbocycles. The standard InChI is InChI=1S/C32H46ClNO4/c1-18(7-10-29(38)34-14-12-21-25(33)5-4-6-26(21)34)22-8-9-23-30-24(17-28(37)32(22,23)3)31(2)13-11-20(35)15-19(31)16-27(30)36/h4-6,18-20,22-24,27-28,30,35-37H,7-17H2,1-3H3/t18-,19+,20-,22-,23+,24+,27-,28+,30+,31+,32-/m1/s1. The van der Waals surface area contributed by atoms with Gasteiger partial charge in [-0.15, -0.1) is 0 Å². The maximum Gasteiger partial charge on any atom is 0.227 e. The van der Waals surface area contributed by atoms with Crippen LogP contribution in [0.25, 0.3) is 0 Å². The van der Waals surface area contributed by atoms with Crippen molar-refractivity contribution in [2.45, 2.75) is 103 Å². The fourth-order valence-corrected chi connectivity index (χ4v) is 10.7. The van der Waals surface area contributed by atoms with E-state index in [1.807, 2.05) is 23.1 Å². The number of aliphatic hydroxyl groups excluding tert-OH is 3. The molecule has 5 aliphatic rings. The molecule has 3 N–H and O–H groups in total. The zero-order valence-electron chi connectivity index (χ0n) is 23.3. The van der Waals surface area contributed by atoms with E-state index in [1.165, 1.54) is 0 Å². The molecule has 210 valence electrons. The van der Waals surface area contributed by atoms with Crippen molar-refractivity contribution in [2.24, 2.45) is 46.3 Å². The molecule has 4 aliphatic carbocycles. The Hall–Kier alpha value is -1.14. The molecule has 4 fully saturated rings. The molecule has 11 atom stereocenters. The zero-order chi connectivity index (χ0) is 27.0. The van der Waals surface area contributed by atoms with Crippen molar-refractivity contribution in [2.75, 3.05) is 11.4 Å². The molecule has 0 unspecified atom stereocenters. The predicted molar refractivity (Wildman–Crippen MR) is 150 cm³/mol. The Morgan fingerprint density at radius 3 is 2.68 bits per heavy atom. The summed E-state index contributed by atoms with van der Waals surface area (Å²) in [6.45, 7) is 7.65. The van der Waals surface area contributed by atoms with Crippen LogP contribution in [0.2, 0.25) is 5.02 Å². The van der Waals surface area contributed by atoms with Gasteiger partial charge >= 0.3 is 0 Å². The van der Waals surface area contributed by atoms with Crippen LogP contribution in [-0.4, -0.2) is 46.1 Å². The molecule has 1 aliphatic heterocycles. The van der Waals surface area contributed by atoms with Gasteiger partial charge < -0.3 is 20.2 Å². The normalized spacial score (nSPS) is 44.7. The largest absolute Gasteiger partial charge is 0.393 e. The number of rotatable bonds is 4. The van der Waals surface area contributed by atoms with Crippen molar-refractivity contribution >= 4 is 23.2 Å². The molecule has 0 bridgehead atoms. The number of aliphatic hydroxyl groups is 3. The maximum atomic E-state index is 13.3. The molecule has 0 aromatic heterocycles. The third kappa shape index (κ3) is 4.01. The van der Waals surface area contributed by atoms with Gasteiger partial charge in [0.05, 0.1) is 18.3 Å². The minimum absolute atomic E-state index is 0.0937. The fraction of sp³-hybridized carbons (Fsp3) is 0.781. The maximum absolute atomic E-state index is 13.3. The van der Waals surface area contributed by atoms with E-state index < -0.39 is 0 Å². The Balaban J connectivity index is 1.16. The molecule has 0 spiro atoms. The predicted octanol–water partition coefficient (Wildman–Crippen LogP) is 5.61. The molecule has 6 rings (SSSR count). The smallest absolute Gasteiger partial charge is 0.227 e. The van der Waals surface area contributed by atoms with Crippen molar-refractivity contribution in [1.82, 2.24) is 0 Å². The first-order valence-corrected chi connectivity index (χ1v) is 15.6. The van der Waals surface area contributed by atoms with Crippen molar-refractivity contribution in [3.05, 3.63) is 28.8 Å². The second-order valence-corrected chi connectivity index (χ2v) is 14.5. The highest BCUT2D eigenvalue weighted by Crippen LogP contribution is 2.68. The van der Waals surface area contributed by atoms with Crippen LogP contribution in [0.15, 0.2) is 18.2 Å². The van der Waals surface area contributed by atoms with Gasteiger partial charge in [-0.2, -0.15) is 0 Å². The molecule has 1 aromatic rings. The number of carbonyl (C=O) groups excluding carboxylic acids is 1. The molecule has 1 heterocycles. The molecular weight excluding hydrogens is 498 g/mol. The van der Waals surface area contributed by atoms with Gasteiger partial charge in [-0.05, 0) is 122 Å². The van der Waals surface area contributed by atoms with Crippen LogP contribution < -0.4 is 4.90 Å². The Bertz CT molecular complexity index is 1080. The number of anilines is 1. The molecule has 0 saturated heterocycles. The van der Waals surface area contributed by atoms with Crippen molar-refractivity contribution < 1.29 is 20.1 Å². The Morgan fingerprint density at radius 1 is 1.11 bits per heavy atom. The van der Waals surface area contributed by atoms with E-state index in [0.29, 0.717) is 42.6 Å². The lowest BCUT2D eigenvalue weighted by atomic mass is 9.43. The lowest BCUT2D eigenvalue weighted by molar-refractivity contribution is -0.207. The summed E-state index contributed by atoms with van der Waals surface area (Å²) in [4.78, 5) is 15.2. The van der Waals surface area contributed by atoms with Gasteiger partial charge in [-0.1, -0.05) is 38.4 Å². The summed E-state index contributed by atoms with van der Waals surface area (Å²) in [5.41, 5.74) is 1.91. The Morgan fingerprint density at radius 2 is 1.89 bits per heavy atom. The van der Waals surface area contributed by atoms with Crippen LogP contribution in [0, 0.1) is 46.3 Å². The number of halogens is 1. The lowest BCUT2D eigenvalue weighted by Crippen LogP contribution is -2.62. The molecule has 5 nitrogen and oxygen atoms in total. The highest BCUT2D eigenvalue weighted by Gasteiger charge is 2.65. The quantitative estimate of drug-likeness (QED) is 0.461. The third-order valence-corrected chi connectivity index (χ3v) is 13.0. The Labute approximate surface area is 232 Å². The molecule has 1 amide bonds. The highest BCUT2D eigenvalue weighted by molar-refractivity contribution is 6.32. The van der Waals surface area contributed by atoms with Crippen LogP contribution in [0.1, 0.15) is 84.1 Å². The third-order valence-electron chi connectivity index (χ3n) is 12.6. The second-order valence-electron chi connectivity index (χ2n) is 14.1. The first-order chi connectivity index (χ1) is 18.1. The first kappa shape index (κ1) is 27.1. The van der Waals surface area contributed by atoms with Gasteiger partial charge in [0.15, 0.2) is 0 Å². The SMILES string of the molecule is C[C@H](CCC(=O)N1CCc2c(Cl)cccc21)[C@H]1CC[C@H]2[C@@H]3[C@H](O)C[C@@H]4C[C@H](O)CC[C@]4(C)[C@H]3C[C@H](O)[C@]12C. The van der Waals surface area contributed by atoms with Gasteiger partial charge in [0, 0.05) is 23.7 Å². The summed E-state index contributed by atoms with van der Waals surface area (Å²) >= 11 is 6.37. The average Bonchev–Trinajstić information content (AvgIpc) is 3.47. The van der Waals surface area contributed by atoms with E-state index in [9.17, 15) is 20.1 Å². The summed E-state index contributed by atoms with van der Waals surface area (Å²) in [6, 6.07) is 5.82. The van der Waals surface area contributed by atoms with Gasteiger partial charge in [-0.25, -0.2) is 0 Å². The molecule has 6 heteroatoms. The summed E-state index contributed by atoms with van der Waals surface area (Å²) in [6.07, 6.45) is 7.43. The summed E-state index contributed by atoms with van der Waals surface area (Å²) in [5.74, 6) is 2.04. The van der Waals surface area contributed by atoms with Crippen molar-refractivity contribution in [3.8, 4) is 0 Å². The van der Waals surface area contributed by atoms with Crippen LogP contribution in [0.3, 0.4) is 0 Å². The monoisotopic (exact) mass is 543 g/mol. The summed E-state index contributed by atoms with van der Waals surface area (Å²) in [5, 5.41) is 34.4. The van der Waals surface area contributed by atoms with E-state index in [2.05, 4.69) is 20.8 Å². The number of hydrogen-bond donors (Lipinski definition) is 3. The van der Waals surface area contributed by atoms with E-state index in [4.69, 9.17) is 11.6 Å². The number of amides is 1. The summed E-state index contributed by atoms with van der Waals surface area (Å²) < 4.78 is 0. The van der Waals surface area contributed by atoms with Gasteiger partial charge in [0.1, 0.15) is 0 Å². The summed E-state index contributed by atoms with van der Waals surface area (Å²) in [7, 11) is 0. The van der Waals surface area contributed by atoms with Gasteiger partial charge in [-0.3, -0.25) is 4.79 Å². The fourth-order valence-electron chi connectivity index (χ4n) is 10.5. The first-order valence-electron chi connectivity index (χ1n) is 15.2. The van der Waals surface area contributed by atoms with E-state index in [-0.39, 0.29) is 41.0 Å². The molecular formula is C32H46ClNO4. The van der Waals surface area contributed by atoms with E-state index >= 15 is 0 Å². The van der Waals surface area contributed by atoms with Crippen LogP contribution in [0.4, 0.5) is 5.69 Å². The highest BCUT2D eigenvalue weighted by atomic mass is 35.5. The van der Waals surface area contributed by atoms with E-state index in [1.54, 1.807) is 0 Å². The topological polar surface area (TPSA) is 81.0 Å². The zero-order valence-corrected chi connectivity index (χ0v) is 24.0. The van der Waals surface area contributed by atoms with Gasteiger partial charge in [0.2, 0.25) is 5.91 Å². The molecule has 38 heavy (non-hydrogen) atoms. The van der Waals surface area contributed by atoms with E-state index in [0.717, 1.165) is 74.1 Å². The van der Waals surface area contributed by atoms with Crippen LogP contribution >= 0.6 is 11.6 Å².